The standard InChI is InChI=1S/C23H40N2O/c1-8-9-10-20(25-13-11-24-12-14-25)17-15-18(22(2,3)4)21(26)19(16-17)23(5,6)7/h15-16,20,24,26H,8-14H2,1-7H3/t20-/m0/s1. The number of benzene rings is 1. The highest BCUT2D eigenvalue weighted by Crippen LogP contribution is 2.42. The molecule has 1 aromatic rings. The number of aromatic hydroxyl groups is 1. The molecule has 3 heteroatoms. The van der Waals surface area contributed by atoms with E-state index in [9.17, 15) is 5.11 Å². The predicted molar refractivity (Wildman–Crippen MR) is 112 cm³/mol. The fraction of sp³-hybridized carbons (Fsp3) is 0.739. The van der Waals surface area contributed by atoms with Crippen LogP contribution >= 0.6 is 0 Å². The van der Waals surface area contributed by atoms with Gasteiger partial charge in [0.2, 0.25) is 0 Å². The molecule has 1 heterocycles. The lowest BCUT2D eigenvalue weighted by Gasteiger charge is -2.37. The third-order valence-corrected chi connectivity index (χ3v) is 5.56. The van der Waals surface area contributed by atoms with Crippen molar-refractivity contribution in [2.75, 3.05) is 26.2 Å². The minimum atomic E-state index is -0.0706. The van der Waals surface area contributed by atoms with Gasteiger partial charge in [-0.3, -0.25) is 4.90 Å². The molecular weight excluding hydrogens is 320 g/mol. The third kappa shape index (κ3) is 5.01. The number of rotatable bonds is 5. The molecule has 1 aromatic carbocycles. The van der Waals surface area contributed by atoms with Gasteiger partial charge in [-0.2, -0.15) is 0 Å². The second-order valence-corrected chi connectivity index (χ2v) is 9.91. The molecule has 1 fully saturated rings. The lowest BCUT2D eigenvalue weighted by atomic mass is 9.77. The monoisotopic (exact) mass is 360 g/mol. The van der Waals surface area contributed by atoms with Gasteiger partial charge in [0.1, 0.15) is 5.75 Å². The lowest BCUT2D eigenvalue weighted by molar-refractivity contribution is 0.163. The molecule has 0 aromatic heterocycles. The van der Waals surface area contributed by atoms with Crippen LogP contribution in [0.2, 0.25) is 0 Å². The first-order chi connectivity index (χ1) is 12.1. The summed E-state index contributed by atoms with van der Waals surface area (Å²) >= 11 is 0. The van der Waals surface area contributed by atoms with E-state index >= 15 is 0 Å². The maximum atomic E-state index is 11.0. The molecule has 0 amide bonds. The van der Waals surface area contributed by atoms with Crippen LogP contribution in [0.15, 0.2) is 12.1 Å². The summed E-state index contributed by atoms with van der Waals surface area (Å²) in [6.07, 6.45) is 3.65. The average Bonchev–Trinajstić information content (AvgIpc) is 2.55. The second kappa shape index (κ2) is 8.31. The van der Waals surface area contributed by atoms with Gasteiger partial charge in [0.15, 0.2) is 0 Å². The second-order valence-electron chi connectivity index (χ2n) is 9.91. The molecule has 1 saturated heterocycles. The van der Waals surface area contributed by atoms with E-state index in [2.05, 4.69) is 70.8 Å². The van der Waals surface area contributed by atoms with Gasteiger partial charge in [-0.25, -0.2) is 0 Å². The van der Waals surface area contributed by atoms with Crippen molar-refractivity contribution in [1.29, 1.82) is 0 Å². The van der Waals surface area contributed by atoms with Crippen LogP contribution < -0.4 is 5.32 Å². The molecule has 1 atom stereocenters. The number of phenolic OH excluding ortho intramolecular Hbond substituents is 1. The van der Waals surface area contributed by atoms with Gasteiger partial charge in [0.05, 0.1) is 0 Å². The van der Waals surface area contributed by atoms with Gasteiger partial charge in [0, 0.05) is 32.2 Å². The summed E-state index contributed by atoms with van der Waals surface area (Å²) in [6, 6.07) is 5.01. The fourth-order valence-corrected chi connectivity index (χ4v) is 3.94. The summed E-state index contributed by atoms with van der Waals surface area (Å²) in [5, 5.41) is 14.5. The first-order valence-electron chi connectivity index (χ1n) is 10.4. The first-order valence-corrected chi connectivity index (χ1v) is 10.4. The maximum Gasteiger partial charge on any atom is 0.123 e. The summed E-state index contributed by atoms with van der Waals surface area (Å²) in [6.45, 7) is 19.8. The zero-order chi connectivity index (χ0) is 19.5. The number of nitrogens with one attached hydrogen (secondary N) is 1. The van der Waals surface area contributed by atoms with E-state index in [-0.39, 0.29) is 10.8 Å². The molecule has 2 N–H and O–H groups in total. The van der Waals surface area contributed by atoms with Gasteiger partial charge in [-0.15, -0.1) is 0 Å². The van der Waals surface area contributed by atoms with Crippen molar-refractivity contribution in [3.63, 3.8) is 0 Å². The molecule has 2 rings (SSSR count). The molecule has 0 unspecified atom stereocenters. The smallest absolute Gasteiger partial charge is 0.123 e. The quantitative estimate of drug-likeness (QED) is 0.764. The SMILES string of the molecule is CCCC[C@@H](c1cc(C(C)(C)C)c(O)c(C(C)(C)C)c1)N1CCNCC1. The van der Waals surface area contributed by atoms with Crippen LogP contribution in [0.25, 0.3) is 0 Å². The zero-order valence-electron chi connectivity index (χ0n) is 18.1. The Hall–Kier alpha value is -1.06. The van der Waals surface area contributed by atoms with Crippen molar-refractivity contribution in [1.82, 2.24) is 10.2 Å². The Morgan fingerprint density at radius 3 is 1.92 bits per heavy atom. The summed E-state index contributed by atoms with van der Waals surface area (Å²) in [4.78, 5) is 2.64. The van der Waals surface area contributed by atoms with Crippen LogP contribution in [0.3, 0.4) is 0 Å². The molecule has 148 valence electrons. The predicted octanol–water partition coefficient (Wildman–Crippen LogP) is 5.12. The Kier molecular flexibility index (Phi) is 6.79. The number of hydrogen-bond donors (Lipinski definition) is 2. The molecule has 1 aliphatic rings. The van der Waals surface area contributed by atoms with Crippen LogP contribution in [-0.2, 0) is 10.8 Å². The van der Waals surface area contributed by atoms with Gasteiger partial charge in [-0.05, 0) is 46.1 Å². The Labute approximate surface area is 161 Å². The third-order valence-electron chi connectivity index (χ3n) is 5.56. The fourth-order valence-electron chi connectivity index (χ4n) is 3.94. The van der Waals surface area contributed by atoms with Crippen molar-refractivity contribution < 1.29 is 5.11 Å². The Morgan fingerprint density at radius 1 is 1.00 bits per heavy atom. The van der Waals surface area contributed by atoms with Crippen LogP contribution in [-0.4, -0.2) is 36.2 Å². The van der Waals surface area contributed by atoms with Gasteiger partial charge >= 0.3 is 0 Å². The van der Waals surface area contributed by atoms with E-state index in [1.807, 2.05) is 0 Å². The van der Waals surface area contributed by atoms with Crippen LogP contribution in [0.5, 0.6) is 5.75 Å². The molecule has 26 heavy (non-hydrogen) atoms. The zero-order valence-corrected chi connectivity index (χ0v) is 18.1. The first kappa shape index (κ1) is 21.2. The van der Waals surface area contributed by atoms with Gasteiger partial charge in [0.25, 0.3) is 0 Å². The summed E-state index contributed by atoms with van der Waals surface area (Å²) in [5.41, 5.74) is 3.40. The molecule has 0 saturated carbocycles. The Morgan fingerprint density at radius 2 is 1.50 bits per heavy atom. The molecule has 0 spiro atoms. The highest BCUT2D eigenvalue weighted by Gasteiger charge is 2.30. The average molecular weight is 361 g/mol. The number of phenols is 1. The van der Waals surface area contributed by atoms with E-state index in [1.54, 1.807) is 0 Å². The lowest BCUT2D eigenvalue weighted by Crippen LogP contribution is -2.45. The molecule has 0 radical (unpaired) electrons. The molecule has 0 aliphatic carbocycles. The van der Waals surface area contributed by atoms with Crippen molar-refractivity contribution in [2.24, 2.45) is 0 Å². The topological polar surface area (TPSA) is 35.5 Å². The Bertz CT molecular complexity index is 554. The van der Waals surface area contributed by atoms with E-state index in [4.69, 9.17) is 0 Å². The summed E-state index contributed by atoms with van der Waals surface area (Å²) in [5.74, 6) is 0.489. The Balaban J connectivity index is 2.55. The normalized spacial score (nSPS) is 18.1. The van der Waals surface area contributed by atoms with Crippen LogP contribution in [0.1, 0.15) is 90.5 Å². The minimum Gasteiger partial charge on any atom is -0.507 e. The highest BCUT2D eigenvalue weighted by atomic mass is 16.3. The van der Waals surface area contributed by atoms with Crippen LogP contribution in [0, 0.1) is 0 Å². The van der Waals surface area contributed by atoms with E-state index in [0.717, 1.165) is 37.3 Å². The number of nitrogens with zero attached hydrogens (tertiary/aromatic N) is 1. The molecule has 3 nitrogen and oxygen atoms in total. The highest BCUT2D eigenvalue weighted by molar-refractivity contribution is 5.50. The molecule has 0 bridgehead atoms. The van der Waals surface area contributed by atoms with Gasteiger partial charge in [-0.1, -0.05) is 61.3 Å². The largest absolute Gasteiger partial charge is 0.507 e. The number of unbranched alkanes of at least 4 members (excludes halogenated alkanes) is 1. The summed E-state index contributed by atoms with van der Waals surface area (Å²) in [7, 11) is 0. The van der Waals surface area contributed by atoms with Gasteiger partial charge < -0.3 is 10.4 Å². The summed E-state index contributed by atoms with van der Waals surface area (Å²) < 4.78 is 0. The van der Waals surface area contributed by atoms with E-state index in [0.29, 0.717) is 11.8 Å². The van der Waals surface area contributed by atoms with Crippen LogP contribution in [0.4, 0.5) is 0 Å². The number of piperazine rings is 1. The maximum absolute atomic E-state index is 11.0. The minimum absolute atomic E-state index is 0.0706. The van der Waals surface area contributed by atoms with Crippen molar-refractivity contribution in [2.45, 2.75) is 84.6 Å². The number of hydrogen-bond acceptors (Lipinski definition) is 3. The van der Waals surface area contributed by atoms with Crippen molar-refractivity contribution in [3.05, 3.63) is 28.8 Å². The van der Waals surface area contributed by atoms with Crippen molar-refractivity contribution >= 4 is 0 Å². The van der Waals surface area contributed by atoms with Crippen molar-refractivity contribution in [3.8, 4) is 5.75 Å². The molecular formula is C23H40N2O. The van der Waals surface area contributed by atoms with E-state index in [1.165, 1.54) is 24.8 Å². The molecule has 1 aliphatic heterocycles. The van der Waals surface area contributed by atoms with E-state index < -0.39 is 0 Å².